The Morgan fingerprint density at radius 1 is 0.977 bits per heavy atom. The van der Waals surface area contributed by atoms with Crippen LogP contribution < -0.4 is 24.4 Å². The molecule has 230 valence electrons. The van der Waals surface area contributed by atoms with Crippen LogP contribution >= 0.6 is 11.6 Å². The number of nitrogens with one attached hydrogen (secondary N) is 1. The van der Waals surface area contributed by atoms with Crippen molar-refractivity contribution in [2.24, 2.45) is 5.41 Å². The molecule has 0 aliphatic carbocycles. The zero-order valence-corrected chi connectivity index (χ0v) is 24.8. The van der Waals surface area contributed by atoms with Gasteiger partial charge in [0, 0.05) is 41.5 Å². The molecule has 0 bridgehead atoms. The second-order valence-corrected chi connectivity index (χ2v) is 11.0. The molecule has 0 radical (unpaired) electrons. The van der Waals surface area contributed by atoms with Crippen LogP contribution in [0.3, 0.4) is 0 Å². The molecule has 1 amide bonds. The standard InChI is InChI=1S/C31H32ClF3N2O6/c1-30(2,29(39)41-4)12-14-42-25-16-22(15-24(17-25)40-3)36-27(20-5-8-21(32)9-6-20)28(38)37-13-11-19-7-10-23(18-26(19)37)43-31(33,34)35/h5-10,15-18,27,36H,11-14H2,1-4H3. The van der Waals surface area contributed by atoms with Crippen LogP contribution in [0.2, 0.25) is 5.02 Å². The molecule has 1 aliphatic heterocycles. The Morgan fingerprint density at radius 3 is 2.33 bits per heavy atom. The first-order valence-corrected chi connectivity index (χ1v) is 13.8. The van der Waals surface area contributed by atoms with Gasteiger partial charge in [0.15, 0.2) is 0 Å². The van der Waals surface area contributed by atoms with Crippen molar-refractivity contribution in [3.05, 3.63) is 76.8 Å². The topological polar surface area (TPSA) is 86.3 Å². The fraction of sp³-hybridized carbons (Fsp3) is 0.355. The molecule has 0 aromatic heterocycles. The molecule has 0 fully saturated rings. The SMILES string of the molecule is COC(=O)C(C)(C)CCOc1cc(NC(C(=O)N2CCc3ccc(OC(F)(F)F)cc32)c2ccc(Cl)cc2)cc(OC)c1. The number of benzene rings is 3. The van der Waals surface area contributed by atoms with Gasteiger partial charge in [-0.3, -0.25) is 9.59 Å². The number of carbonyl (C=O) groups excluding carboxylic acids is 2. The number of hydrogen-bond donors (Lipinski definition) is 1. The number of hydrogen-bond acceptors (Lipinski definition) is 7. The van der Waals surface area contributed by atoms with E-state index >= 15 is 0 Å². The normalized spacial score (nSPS) is 13.6. The van der Waals surface area contributed by atoms with Crippen LogP contribution in [0.1, 0.15) is 37.4 Å². The van der Waals surface area contributed by atoms with Crippen molar-refractivity contribution in [2.75, 3.05) is 37.6 Å². The summed E-state index contributed by atoms with van der Waals surface area (Å²) in [4.78, 5) is 27.5. The third-order valence-electron chi connectivity index (χ3n) is 7.06. The highest BCUT2D eigenvalue weighted by Gasteiger charge is 2.35. The van der Waals surface area contributed by atoms with E-state index in [0.717, 1.165) is 5.56 Å². The Hall–Kier alpha value is -4.12. The van der Waals surface area contributed by atoms with Gasteiger partial charge in [-0.25, -0.2) is 0 Å². The van der Waals surface area contributed by atoms with Gasteiger partial charge in [0.1, 0.15) is 23.3 Å². The number of methoxy groups -OCH3 is 2. The maximum absolute atomic E-state index is 14.1. The molecule has 3 aromatic carbocycles. The molecular formula is C31H32ClF3N2O6. The van der Waals surface area contributed by atoms with Crippen LogP contribution in [-0.4, -0.2) is 45.6 Å². The van der Waals surface area contributed by atoms with Gasteiger partial charge in [0.25, 0.3) is 5.91 Å². The van der Waals surface area contributed by atoms with E-state index < -0.39 is 29.5 Å². The Labute approximate surface area is 252 Å². The number of halogens is 4. The highest BCUT2D eigenvalue weighted by Crippen LogP contribution is 2.37. The van der Waals surface area contributed by atoms with Crippen molar-refractivity contribution in [1.29, 1.82) is 0 Å². The summed E-state index contributed by atoms with van der Waals surface area (Å²) in [5, 5.41) is 3.72. The molecule has 0 spiro atoms. The van der Waals surface area contributed by atoms with Crippen LogP contribution in [0, 0.1) is 5.41 Å². The molecule has 4 rings (SSSR count). The minimum absolute atomic E-state index is 0.209. The quantitative estimate of drug-likeness (QED) is 0.232. The number of anilines is 2. The number of ether oxygens (including phenoxy) is 4. The van der Waals surface area contributed by atoms with Gasteiger partial charge in [-0.15, -0.1) is 13.2 Å². The van der Waals surface area contributed by atoms with Crippen molar-refractivity contribution >= 4 is 34.9 Å². The van der Waals surface area contributed by atoms with Gasteiger partial charge in [-0.2, -0.15) is 0 Å². The van der Waals surface area contributed by atoms with Gasteiger partial charge in [-0.05, 0) is 56.0 Å². The first-order chi connectivity index (χ1) is 20.3. The first-order valence-electron chi connectivity index (χ1n) is 13.4. The number of fused-ring (bicyclic) bond motifs is 1. The lowest BCUT2D eigenvalue weighted by molar-refractivity contribution is -0.274. The molecule has 1 atom stereocenters. The molecule has 12 heteroatoms. The van der Waals surface area contributed by atoms with E-state index in [4.69, 9.17) is 25.8 Å². The highest BCUT2D eigenvalue weighted by molar-refractivity contribution is 6.30. The number of carbonyl (C=O) groups is 2. The minimum atomic E-state index is -4.86. The summed E-state index contributed by atoms with van der Waals surface area (Å²) in [6, 6.07) is 14.8. The van der Waals surface area contributed by atoms with Gasteiger partial charge in [0.2, 0.25) is 0 Å². The van der Waals surface area contributed by atoms with E-state index in [1.807, 2.05) is 0 Å². The molecule has 1 N–H and O–H groups in total. The number of esters is 1. The Morgan fingerprint density at radius 2 is 1.67 bits per heavy atom. The molecule has 1 unspecified atom stereocenters. The average Bonchev–Trinajstić information content (AvgIpc) is 3.37. The van der Waals surface area contributed by atoms with Gasteiger partial charge < -0.3 is 29.2 Å². The van der Waals surface area contributed by atoms with Crippen molar-refractivity contribution in [2.45, 2.75) is 39.1 Å². The van der Waals surface area contributed by atoms with E-state index in [2.05, 4.69) is 10.1 Å². The lowest BCUT2D eigenvalue weighted by Gasteiger charge is -2.27. The fourth-order valence-electron chi connectivity index (χ4n) is 4.71. The highest BCUT2D eigenvalue weighted by atomic mass is 35.5. The summed E-state index contributed by atoms with van der Waals surface area (Å²) in [6.45, 7) is 4.01. The van der Waals surface area contributed by atoms with Crippen LogP contribution in [0.25, 0.3) is 0 Å². The average molecular weight is 621 g/mol. The second kappa shape index (κ2) is 13.0. The van der Waals surface area contributed by atoms with E-state index in [-0.39, 0.29) is 19.1 Å². The van der Waals surface area contributed by atoms with Gasteiger partial charge in [0.05, 0.1) is 31.9 Å². The molecule has 3 aromatic rings. The zero-order chi connectivity index (χ0) is 31.4. The zero-order valence-electron chi connectivity index (χ0n) is 24.1. The maximum Gasteiger partial charge on any atom is 0.573 e. The monoisotopic (exact) mass is 620 g/mol. The predicted octanol–water partition coefficient (Wildman–Crippen LogP) is 6.96. The van der Waals surface area contributed by atoms with Crippen LogP contribution in [0.4, 0.5) is 24.5 Å². The Kier molecular flexibility index (Phi) is 9.64. The van der Waals surface area contributed by atoms with E-state index in [1.165, 1.54) is 37.3 Å². The Bertz CT molecular complexity index is 1460. The lowest BCUT2D eigenvalue weighted by atomic mass is 9.90. The molecule has 0 saturated heterocycles. The predicted molar refractivity (Wildman–Crippen MR) is 156 cm³/mol. The number of nitrogens with zero attached hydrogens (tertiary/aromatic N) is 1. The second-order valence-electron chi connectivity index (χ2n) is 10.6. The van der Waals surface area contributed by atoms with Crippen LogP contribution in [0.5, 0.6) is 17.2 Å². The van der Waals surface area contributed by atoms with Crippen molar-refractivity contribution in [3.63, 3.8) is 0 Å². The number of amides is 1. The van der Waals surface area contributed by atoms with E-state index in [0.29, 0.717) is 46.3 Å². The summed E-state index contributed by atoms with van der Waals surface area (Å²) in [6.07, 6.45) is -4.00. The van der Waals surface area contributed by atoms with Crippen LogP contribution in [0.15, 0.2) is 60.7 Å². The summed E-state index contributed by atoms with van der Waals surface area (Å²) < 4.78 is 59.0. The number of rotatable bonds is 11. The first kappa shape index (κ1) is 31.8. The number of alkyl halides is 3. The lowest BCUT2D eigenvalue weighted by Crippen LogP contribution is -2.37. The summed E-state index contributed by atoms with van der Waals surface area (Å²) in [5.74, 6) is -0.267. The largest absolute Gasteiger partial charge is 0.573 e. The van der Waals surface area contributed by atoms with Crippen LogP contribution in [-0.2, 0) is 20.7 Å². The summed E-state index contributed by atoms with van der Waals surface area (Å²) in [5.41, 5.74) is 1.39. The molecule has 1 aliphatic rings. The van der Waals surface area contributed by atoms with Crippen molar-refractivity contribution in [3.8, 4) is 17.2 Å². The molecule has 43 heavy (non-hydrogen) atoms. The smallest absolute Gasteiger partial charge is 0.497 e. The van der Waals surface area contributed by atoms with Crippen molar-refractivity contribution in [1.82, 2.24) is 0 Å². The third kappa shape index (κ3) is 8.04. The summed E-state index contributed by atoms with van der Waals surface area (Å²) >= 11 is 6.11. The van der Waals surface area contributed by atoms with E-state index in [1.54, 1.807) is 56.3 Å². The van der Waals surface area contributed by atoms with Crippen molar-refractivity contribution < 1.29 is 41.7 Å². The van der Waals surface area contributed by atoms with Gasteiger partial charge >= 0.3 is 12.3 Å². The third-order valence-corrected chi connectivity index (χ3v) is 7.31. The van der Waals surface area contributed by atoms with E-state index in [9.17, 15) is 22.8 Å². The summed E-state index contributed by atoms with van der Waals surface area (Å²) in [7, 11) is 2.83. The fourth-order valence-corrected chi connectivity index (χ4v) is 4.84. The Balaban J connectivity index is 1.62. The van der Waals surface area contributed by atoms with Gasteiger partial charge in [-0.1, -0.05) is 29.8 Å². The molecule has 8 nitrogen and oxygen atoms in total. The molecule has 1 heterocycles. The minimum Gasteiger partial charge on any atom is -0.497 e. The molecular weight excluding hydrogens is 589 g/mol. The molecule has 0 saturated carbocycles. The maximum atomic E-state index is 14.1.